The highest BCUT2D eigenvalue weighted by atomic mass is 16.1. The number of amides is 1. The fraction of sp³-hybridized carbons (Fsp3) is 0.200. The van der Waals surface area contributed by atoms with Gasteiger partial charge in [0.15, 0.2) is 0 Å². The predicted molar refractivity (Wildman–Crippen MR) is 55.4 cm³/mol. The summed E-state index contributed by atoms with van der Waals surface area (Å²) in [4.78, 5) is 14.3. The number of hydrogen-bond donors (Lipinski definition) is 2. The third-order valence-corrected chi connectivity index (χ3v) is 2.03. The molecule has 15 heavy (non-hydrogen) atoms. The van der Waals surface area contributed by atoms with Crippen molar-refractivity contribution in [3.05, 3.63) is 42.5 Å². The summed E-state index contributed by atoms with van der Waals surface area (Å²) in [7, 11) is 0. The summed E-state index contributed by atoms with van der Waals surface area (Å²) < 4.78 is 1.77. The van der Waals surface area contributed by atoms with Crippen LogP contribution in [0.5, 0.6) is 0 Å². The Hall–Kier alpha value is -2.04. The van der Waals surface area contributed by atoms with Crippen LogP contribution in [0.25, 0.3) is 0 Å². The Morgan fingerprint density at radius 2 is 2.47 bits per heavy atom. The van der Waals surface area contributed by atoms with Crippen molar-refractivity contribution in [2.24, 2.45) is 0 Å². The van der Waals surface area contributed by atoms with Crippen molar-refractivity contribution in [3.63, 3.8) is 0 Å². The van der Waals surface area contributed by atoms with Gasteiger partial charge in [0.25, 0.3) is 5.91 Å². The molecule has 0 bridgehead atoms. The van der Waals surface area contributed by atoms with Gasteiger partial charge in [-0.1, -0.05) is 0 Å². The molecule has 0 aliphatic carbocycles. The van der Waals surface area contributed by atoms with E-state index in [0.29, 0.717) is 18.8 Å². The molecule has 0 atom stereocenters. The van der Waals surface area contributed by atoms with Crippen LogP contribution in [0.15, 0.2) is 36.8 Å². The minimum atomic E-state index is -0.0906. The van der Waals surface area contributed by atoms with Crippen LogP contribution in [0.4, 0.5) is 0 Å². The third kappa shape index (κ3) is 2.46. The van der Waals surface area contributed by atoms with E-state index in [0.717, 1.165) is 0 Å². The van der Waals surface area contributed by atoms with Crippen LogP contribution >= 0.6 is 0 Å². The van der Waals surface area contributed by atoms with E-state index in [1.54, 1.807) is 29.2 Å². The van der Waals surface area contributed by atoms with Gasteiger partial charge in [-0.2, -0.15) is 5.10 Å². The SMILES string of the molecule is O=C(NCCn1cccn1)c1ccc[nH]1. The Kier molecular flexibility index (Phi) is 2.82. The molecule has 5 nitrogen and oxygen atoms in total. The summed E-state index contributed by atoms with van der Waals surface area (Å²) in [5.41, 5.74) is 0.579. The van der Waals surface area contributed by atoms with Gasteiger partial charge in [0, 0.05) is 25.1 Å². The van der Waals surface area contributed by atoms with Gasteiger partial charge in [-0.25, -0.2) is 0 Å². The zero-order valence-corrected chi connectivity index (χ0v) is 8.18. The monoisotopic (exact) mass is 204 g/mol. The molecule has 0 aliphatic rings. The van der Waals surface area contributed by atoms with Crippen LogP contribution in [-0.2, 0) is 6.54 Å². The Morgan fingerprint density at radius 1 is 1.53 bits per heavy atom. The molecule has 2 aromatic heterocycles. The molecule has 0 spiro atoms. The summed E-state index contributed by atoms with van der Waals surface area (Å²) in [6.07, 6.45) is 5.30. The second kappa shape index (κ2) is 4.45. The highest BCUT2D eigenvalue weighted by Crippen LogP contribution is 1.93. The average molecular weight is 204 g/mol. The van der Waals surface area contributed by atoms with Gasteiger partial charge in [-0.3, -0.25) is 9.48 Å². The van der Waals surface area contributed by atoms with Crippen LogP contribution in [0.2, 0.25) is 0 Å². The van der Waals surface area contributed by atoms with Crippen molar-refractivity contribution in [2.75, 3.05) is 6.54 Å². The quantitative estimate of drug-likeness (QED) is 0.767. The molecule has 78 valence electrons. The predicted octanol–water partition coefficient (Wildman–Crippen LogP) is 0.641. The highest BCUT2D eigenvalue weighted by Gasteiger charge is 2.03. The molecule has 0 saturated heterocycles. The number of rotatable bonds is 4. The molecule has 0 radical (unpaired) electrons. The zero-order chi connectivity index (χ0) is 10.5. The lowest BCUT2D eigenvalue weighted by molar-refractivity contribution is 0.0947. The van der Waals surface area contributed by atoms with Crippen LogP contribution in [0, 0.1) is 0 Å². The second-order valence-corrected chi connectivity index (χ2v) is 3.11. The first-order chi connectivity index (χ1) is 7.36. The van der Waals surface area contributed by atoms with E-state index in [1.165, 1.54) is 0 Å². The summed E-state index contributed by atoms with van der Waals surface area (Å²) in [5.74, 6) is -0.0906. The number of aromatic nitrogens is 3. The number of H-pyrrole nitrogens is 1. The Morgan fingerprint density at radius 3 is 3.13 bits per heavy atom. The van der Waals surface area contributed by atoms with E-state index in [2.05, 4.69) is 15.4 Å². The van der Waals surface area contributed by atoms with Gasteiger partial charge >= 0.3 is 0 Å². The van der Waals surface area contributed by atoms with E-state index in [9.17, 15) is 4.79 Å². The average Bonchev–Trinajstić information content (AvgIpc) is 2.90. The molecular formula is C10H12N4O. The molecule has 0 aromatic carbocycles. The molecule has 0 fully saturated rings. The molecule has 0 saturated carbocycles. The topological polar surface area (TPSA) is 62.7 Å². The first-order valence-electron chi connectivity index (χ1n) is 4.75. The standard InChI is InChI=1S/C10H12N4O/c15-10(9-3-1-4-11-9)12-6-8-14-7-2-5-13-14/h1-5,7,11H,6,8H2,(H,12,15). The lowest BCUT2D eigenvalue weighted by Gasteiger charge is -2.03. The van der Waals surface area contributed by atoms with Crippen molar-refractivity contribution >= 4 is 5.91 Å². The maximum absolute atomic E-state index is 11.5. The number of hydrogen-bond acceptors (Lipinski definition) is 2. The summed E-state index contributed by atoms with van der Waals surface area (Å²) in [6, 6.07) is 5.39. The van der Waals surface area contributed by atoms with Gasteiger partial charge in [-0.15, -0.1) is 0 Å². The number of aromatic amines is 1. The van der Waals surface area contributed by atoms with Gasteiger partial charge in [-0.05, 0) is 18.2 Å². The molecule has 2 heterocycles. The van der Waals surface area contributed by atoms with Crippen LogP contribution < -0.4 is 5.32 Å². The van der Waals surface area contributed by atoms with Crippen LogP contribution in [0.1, 0.15) is 10.5 Å². The summed E-state index contributed by atoms with van der Waals surface area (Å²) >= 11 is 0. The van der Waals surface area contributed by atoms with Crippen molar-refractivity contribution < 1.29 is 4.79 Å². The fourth-order valence-corrected chi connectivity index (χ4v) is 1.28. The molecule has 2 rings (SSSR count). The number of nitrogens with zero attached hydrogens (tertiary/aromatic N) is 2. The molecule has 2 aromatic rings. The van der Waals surface area contributed by atoms with Crippen LogP contribution in [0.3, 0.4) is 0 Å². The Labute approximate surface area is 87.1 Å². The normalized spacial score (nSPS) is 10.1. The van der Waals surface area contributed by atoms with E-state index < -0.39 is 0 Å². The van der Waals surface area contributed by atoms with Gasteiger partial charge < -0.3 is 10.3 Å². The maximum Gasteiger partial charge on any atom is 0.267 e. The number of carbonyl (C=O) groups is 1. The van der Waals surface area contributed by atoms with E-state index in [4.69, 9.17) is 0 Å². The van der Waals surface area contributed by atoms with Gasteiger partial charge in [0.05, 0.1) is 6.54 Å². The summed E-state index contributed by atoms with van der Waals surface area (Å²) in [6.45, 7) is 1.25. The lowest BCUT2D eigenvalue weighted by Crippen LogP contribution is -2.27. The third-order valence-electron chi connectivity index (χ3n) is 2.03. The molecular weight excluding hydrogens is 192 g/mol. The minimum absolute atomic E-state index is 0.0906. The van der Waals surface area contributed by atoms with E-state index >= 15 is 0 Å². The summed E-state index contributed by atoms with van der Waals surface area (Å²) in [5, 5.41) is 6.83. The fourth-order valence-electron chi connectivity index (χ4n) is 1.28. The first kappa shape index (κ1) is 9.51. The Balaban J connectivity index is 1.77. The largest absolute Gasteiger partial charge is 0.357 e. The highest BCUT2D eigenvalue weighted by molar-refractivity contribution is 5.92. The minimum Gasteiger partial charge on any atom is -0.357 e. The smallest absolute Gasteiger partial charge is 0.267 e. The molecule has 0 unspecified atom stereocenters. The molecule has 0 aliphatic heterocycles. The molecule has 1 amide bonds. The van der Waals surface area contributed by atoms with Crippen molar-refractivity contribution in [1.82, 2.24) is 20.1 Å². The van der Waals surface area contributed by atoms with Gasteiger partial charge in [0.1, 0.15) is 5.69 Å². The second-order valence-electron chi connectivity index (χ2n) is 3.11. The Bertz CT molecular complexity index is 405. The van der Waals surface area contributed by atoms with E-state index in [1.807, 2.05) is 12.3 Å². The van der Waals surface area contributed by atoms with Crippen molar-refractivity contribution in [2.45, 2.75) is 6.54 Å². The van der Waals surface area contributed by atoms with E-state index in [-0.39, 0.29) is 5.91 Å². The van der Waals surface area contributed by atoms with Crippen molar-refractivity contribution in [3.8, 4) is 0 Å². The maximum atomic E-state index is 11.5. The number of carbonyl (C=O) groups excluding carboxylic acids is 1. The lowest BCUT2D eigenvalue weighted by atomic mass is 10.4. The molecule has 2 N–H and O–H groups in total. The van der Waals surface area contributed by atoms with Crippen LogP contribution in [-0.4, -0.2) is 27.2 Å². The van der Waals surface area contributed by atoms with Gasteiger partial charge in [0.2, 0.25) is 0 Å². The van der Waals surface area contributed by atoms with Crippen molar-refractivity contribution in [1.29, 1.82) is 0 Å². The molecule has 5 heteroatoms. The zero-order valence-electron chi connectivity index (χ0n) is 8.18. The number of nitrogens with one attached hydrogen (secondary N) is 2. The first-order valence-corrected chi connectivity index (χ1v) is 4.75.